The summed E-state index contributed by atoms with van der Waals surface area (Å²) in [5.41, 5.74) is -0.345. The molecule has 1 fully saturated rings. The minimum Gasteiger partial charge on any atom is -0.348 e. The average Bonchev–Trinajstić information content (AvgIpc) is 3.41. The van der Waals surface area contributed by atoms with Crippen LogP contribution in [0.15, 0.2) is 18.2 Å². The quantitative estimate of drug-likeness (QED) is 0.341. The molecule has 0 aliphatic heterocycles. The lowest BCUT2D eigenvalue weighted by Gasteiger charge is -2.34. The molecule has 1 heterocycles. The molecule has 0 saturated heterocycles. The number of thiophene rings is 1. The van der Waals surface area contributed by atoms with Crippen LogP contribution in [0.4, 0.5) is 13.2 Å². The fourth-order valence-electron chi connectivity index (χ4n) is 4.72. The van der Waals surface area contributed by atoms with E-state index in [0.29, 0.717) is 22.1 Å². The van der Waals surface area contributed by atoms with Crippen molar-refractivity contribution in [3.8, 4) is 0 Å². The lowest BCUT2D eigenvalue weighted by Crippen LogP contribution is -2.46. The van der Waals surface area contributed by atoms with E-state index in [4.69, 9.17) is 0 Å². The highest BCUT2D eigenvalue weighted by atomic mass is 32.1. The second-order valence-corrected chi connectivity index (χ2v) is 11.2. The molecule has 0 spiro atoms. The number of alkyl halides is 3. The molecule has 1 aromatic carbocycles. The van der Waals surface area contributed by atoms with Crippen LogP contribution in [0.5, 0.6) is 0 Å². The minimum atomic E-state index is -4.44. The Morgan fingerprint density at radius 1 is 1.17 bits per heavy atom. The number of fused-ring (bicyclic) bond motifs is 1. The van der Waals surface area contributed by atoms with Crippen molar-refractivity contribution in [3.05, 3.63) is 34.2 Å². The molecule has 1 aliphatic rings. The lowest BCUT2D eigenvalue weighted by atomic mass is 9.78. The van der Waals surface area contributed by atoms with Crippen LogP contribution in [0.25, 0.3) is 10.1 Å². The van der Waals surface area contributed by atoms with E-state index in [-0.39, 0.29) is 27.6 Å². The molecule has 7 heteroatoms. The van der Waals surface area contributed by atoms with Gasteiger partial charge in [0.15, 0.2) is 0 Å². The van der Waals surface area contributed by atoms with Crippen molar-refractivity contribution in [2.24, 2.45) is 17.3 Å². The standard InChI is InChI=1S/C25H34F3NOS.C2H7N.C2H6/c1-6-8-18(13-15(3)7-2)22(24(5)11-12-24)29-23(30)19-14-17-10-9-16(4)20(21(17)31-19)25(26,27)28;1-3-2;1-2/h9-10,14-15,18,22H,6-8,11-13H2,1-5H3,(H,29,30);3H,1-2H3;1-2H3. The van der Waals surface area contributed by atoms with Crippen LogP contribution in [0, 0.1) is 24.2 Å². The fraction of sp³-hybridized carbons (Fsp3) is 0.690. The van der Waals surface area contributed by atoms with Crippen molar-refractivity contribution in [2.75, 3.05) is 14.1 Å². The van der Waals surface area contributed by atoms with E-state index in [1.807, 2.05) is 27.9 Å². The first-order valence-corrected chi connectivity index (χ1v) is 14.2. The molecule has 3 unspecified atom stereocenters. The van der Waals surface area contributed by atoms with E-state index in [9.17, 15) is 18.0 Å². The van der Waals surface area contributed by atoms with Crippen LogP contribution in [-0.2, 0) is 6.18 Å². The summed E-state index contributed by atoms with van der Waals surface area (Å²) in [5, 5.41) is 6.50. The number of carbonyl (C=O) groups excluding carboxylic acids is 1. The Morgan fingerprint density at radius 2 is 1.75 bits per heavy atom. The number of amides is 1. The van der Waals surface area contributed by atoms with Crippen LogP contribution in [0.2, 0.25) is 0 Å². The summed E-state index contributed by atoms with van der Waals surface area (Å²) in [6.07, 6.45) is 2.01. The number of hydrogen-bond donors (Lipinski definition) is 2. The molecular weight excluding hydrogens is 481 g/mol. The number of carbonyl (C=O) groups is 1. The normalized spacial score (nSPS) is 16.7. The molecule has 0 radical (unpaired) electrons. The molecule has 36 heavy (non-hydrogen) atoms. The molecule has 206 valence electrons. The third-order valence-corrected chi connectivity index (χ3v) is 8.18. The van der Waals surface area contributed by atoms with Crippen molar-refractivity contribution < 1.29 is 18.0 Å². The second kappa shape index (κ2) is 14.4. The van der Waals surface area contributed by atoms with E-state index in [1.165, 1.54) is 13.0 Å². The van der Waals surface area contributed by atoms with Crippen molar-refractivity contribution in [2.45, 2.75) is 99.2 Å². The Kier molecular flexibility index (Phi) is 12.9. The van der Waals surface area contributed by atoms with Gasteiger partial charge in [-0.05, 0) is 81.0 Å². The molecule has 0 bridgehead atoms. The summed E-state index contributed by atoms with van der Waals surface area (Å²) in [4.78, 5) is 13.6. The Bertz CT molecular complexity index is 950. The smallest absolute Gasteiger partial charge is 0.348 e. The van der Waals surface area contributed by atoms with Gasteiger partial charge in [-0.25, -0.2) is 0 Å². The third kappa shape index (κ3) is 8.47. The Morgan fingerprint density at radius 3 is 2.22 bits per heavy atom. The Balaban J connectivity index is 0.00000120. The van der Waals surface area contributed by atoms with Crippen LogP contribution < -0.4 is 10.6 Å². The maximum Gasteiger partial charge on any atom is 0.418 e. The highest BCUT2D eigenvalue weighted by Crippen LogP contribution is 2.52. The number of halogens is 3. The van der Waals surface area contributed by atoms with Gasteiger partial charge in [-0.15, -0.1) is 11.3 Å². The number of rotatable bonds is 9. The van der Waals surface area contributed by atoms with Crippen molar-refractivity contribution >= 4 is 27.3 Å². The van der Waals surface area contributed by atoms with Crippen molar-refractivity contribution in [3.63, 3.8) is 0 Å². The largest absolute Gasteiger partial charge is 0.418 e. The van der Waals surface area contributed by atoms with Gasteiger partial charge in [-0.3, -0.25) is 4.79 Å². The average molecular weight is 529 g/mol. The SMILES string of the molecule is CC.CCCC(CC(C)CC)C(NC(=O)c1cc2ccc(C)c(C(F)(F)F)c2s1)C1(C)CC1.CNC. The molecule has 1 aromatic heterocycles. The molecule has 1 saturated carbocycles. The van der Waals surface area contributed by atoms with Gasteiger partial charge < -0.3 is 10.6 Å². The predicted octanol–water partition coefficient (Wildman–Crippen LogP) is 8.84. The molecule has 3 atom stereocenters. The van der Waals surface area contributed by atoms with E-state index in [0.717, 1.165) is 49.9 Å². The van der Waals surface area contributed by atoms with Crippen LogP contribution in [0.3, 0.4) is 0 Å². The van der Waals surface area contributed by atoms with Gasteiger partial charge in [0, 0.05) is 10.7 Å². The van der Waals surface area contributed by atoms with E-state index in [2.05, 4.69) is 38.3 Å². The molecule has 2 aromatic rings. The van der Waals surface area contributed by atoms with Crippen LogP contribution in [-0.4, -0.2) is 26.0 Å². The van der Waals surface area contributed by atoms with E-state index < -0.39 is 11.7 Å². The summed E-state index contributed by atoms with van der Waals surface area (Å²) in [6.45, 7) is 14.3. The third-order valence-electron chi connectivity index (χ3n) is 7.01. The number of aryl methyl sites for hydroxylation is 1. The van der Waals surface area contributed by atoms with Crippen molar-refractivity contribution in [1.29, 1.82) is 0 Å². The van der Waals surface area contributed by atoms with Gasteiger partial charge in [0.2, 0.25) is 0 Å². The number of hydrogen-bond acceptors (Lipinski definition) is 3. The van der Waals surface area contributed by atoms with Gasteiger partial charge >= 0.3 is 6.18 Å². The maximum absolute atomic E-state index is 13.6. The van der Waals surface area contributed by atoms with Crippen molar-refractivity contribution in [1.82, 2.24) is 10.6 Å². The Hall–Kier alpha value is -1.60. The van der Waals surface area contributed by atoms with E-state index in [1.54, 1.807) is 12.1 Å². The summed E-state index contributed by atoms with van der Waals surface area (Å²) in [5.74, 6) is 0.731. The fourth-order valence-corrected chi connectivity index (χ4v) is 5.90. The summed E-state index contributed by atoms with van der Waals surface area (Å²) in [6, 6.07) is 4.83. The zero-order valence-electron chi connectivity index (χ0n) is 23.7. The number of benzene rings is 1. The van der Waals surface area contributed by atoms with Gasteiger partial charge in [-0.1, -0.05) is 66.5 Å². The van der Waals surface area contributed by atoms with Gasteiger partial charge in [0.1, 0.15) is 0 Å². The highest BCUT2D eigenvalue weighted by Gasteiger charge is 2.48. The van der Waals surface area contributed by atoms with Crippen LogP contribution in [0.1, 0.15) is 101 Å². The molecule has 3 rings (SSSR count). The Labute approximate surface area is 220 Å². The molecule has 2 N–H and O–H groups in total. The monoisotopic (exact) mass is 528 g/mol. The molecule has 3 nitrogen and oxygen atoms in total. The topological polar surface area (TPSA) is 41.1 Å². The summed E-state index contributed by atoms with van der Waals surface area (Å²) < 4.78 is 41.0. The second-order valence-electron chi connectivity index (χ2n) is 10.2. The first-order valence-electron chi connectivity index (χ1n) is 13.4. The zero-order valence-corrected chi connectivity index (χ0v) is 24.5. The molecule has 1 aliphatic carbocycles. The molecular formula is C29H47F3N2OS. The van der Waals surface area contributed by atoms with Gasteiger partial charge in [-0.2, -0.15) is 13.2 Å². The predicted molar refractivity (Wildman–Crippen MR) is 149 cm³/mol. The number of nitrogens with one attached hydrogen (secondary N) is 2. The maximum atomic E-state index is 13.6. The lowest BCUT2D eigenvalue weighted by molar-refractivity contribution is -0.136. The van der Waals surface area contributed by atoms with E-state index >= 15 is 0 Å². The van der Waals surface area contributed by atoms with Gasteiger partial charge in [0.25, 0.3) is 5.91 Å². The highest BCUT2D eigenvalue weighted by molar-refractivity contribution is 7.21. The first-order chi connectivity index (χ1) is 16.9. The first kappa shape index (κ1) is 32.4. The van der Waals surface area contributed by atoms with Gasteiger partial charge in [0.05, 0.1) is 10.4 Å². The minimum absolute atomic E-state index is 0.0583. The zero-order chi connectivity index (χ0) is 27.7. The summed E-state index contributed by atoms with van der Waals surface area (Å²) in [7, 11) is 3.75. The molecule has 1 amide bonds. The summed E-state index contributed by atoms with van der Waals surface area (Å²) >= 11 is 0.958. The van der Waals surface area contributed by atoms with Crippen LogP contribution >= 0.6 is 11.3 Å².